The molecular weight excluding hydrogens is 412 g/mol. The summed E-state index contributed by atoms with van der Waals surface area (Å²) in [6, 6.07) is 18.5. The standard InChI is InChI=1S/C20H15Cl4NO/c21-15-6-5-14(17(23)9-15)12-26-20-4-2-1-3-13(20)11-25-19-8-7-16(22)10-18(19)24/h1-10,25H,11-12H2. The maximum absolute atomic E-state index is 6.20. The molecule has 0 radical (unpaired) electrons. The van der Waals surface area contributed by atoms with Crippen LogP contribution in [0.1, 0.15) is 11.1 Å². The lowest BCUT2D eigenvalue weighted by atomic mass is 10.2. The predicted molar refractivity (Wildman–Crippen MR) is 111 cm³/mol. The molecular formula is C20H15Cl4NO. The third-order valence-corrected chi connectivity index (χ3v) is 4.91. The van der Waals surface area contributed by atoms with Gasteiger partial charge in [0.1, 0.15) is 12.4 Å². The molecule has 3 aromatic carbocycles. The van der Waals surface area contributed by atoms with Crippen molar-refractivity contribution in [2.45, 2.75) is 13.2 Å². The predicted octanol–water partition coefficient (Wildman–Crippen LogP) is 7.49. The first kappa shape index (κ1) is 19.2. The first-order valence-electron chi connectivity index (χ1n) is 7.86. The third-order valence-electron chi connectivity index (χ3n) is 3.77. The number of para-hydroxylation sites is 1. The Hall–Kier alpha value is -1.58. The van der Waals surface area contributed by atoms with E-state index in [4.69, 9.17) is 51.1 Å². The molecule has 26 heavy (non-hydrogen) atoms. The van der Waals surface area contributed by atoms with Gasteiger partial charge in [-0.2, -0.15) is 0 Å². The molecule has 0 aliphatic carbocycles. The van der Waals surface area contributed by atoms with Gasteiger partial charge in [0.25, 0.3) is 0 Å². The summed E-state index contributed by atoms with van der Waals surface area (Å²) in [6.45, 7) is 0.917. The highest BCUT2D eigenvalue weighted by molar-refractivity contribution is 6.36. The van der Waals surface area contributed by atoms with E-state index in [2.05, 4.69) is 5.32 Å². The number of hydrogen-bond acceptors (Lipinski definition) is 2. The fraction of sp³-hybridized carbons (Fsp3) is 0.100. The molecule has 0 aliphatic heterocycles. The zero-order valence-corrected chi connectivity index (χ0v) is 16.6. The van der Waals surface area contributed by atoms with E-state index in [1.807, 2.05) is 36.4 Å². The summed E-state index contributed by atoms with van der Waals surface area (Å²) in [7, 11) is 0. The summed E-state index contributed by atoms with van der Waals surface area (Å²) in [5, 5.41) is 5.66. The normalized spacial score (nSPS) is 10.6. The van der Waals surface area contributed by atoms with Gasteiger partial charge in [-0.3, -0.25) is 0 Å². The molecule has 0 saturated carbocycles. The number of nitrogens with one attached hydrogen (secondary N) is 1. The molecule has 0 amide bonds. The Kier molecular flexibility index (Phi) is 6.55. The molecule has 3 rings (SSSR count). The van der Waals surface area contributed by atoms with Crippen LogP contribution in [0.5, 0.6) is 5.75 Å². The van der Waals surface area contributed by atoms with Crippen LogP contribution in [0.2, 0.25) is 20.1 Å². The Morgan fingerprint density at radius 3 is 2.15 bits per heavy atom. The van der Waals surface area contributed by atoms with E-state index in [0.717, 1.165) is 22.6 Å². The molecule has 0 fully saturated rings. The third kappa shape index (κ3) is 4.99. The van der Waals surface area contributed by atoms with E-state index in [1.165, 1.54) is 0 Å². The Bertz CT molecular complexity index is 840. The first-order valence-corrected chi connectivity index (χ1v) is 9.37. The zero-order valence-electron chi connectivity index (χ0n) is 13.6. The monoisotopic (exact) mass is 425 g/mol. The van der Waals surface area contributed by atoms with Gasteiger partial charge in [0.05, 0.1) is 10.7 Å². The second-order valence-corrected chi connectivity index (χ2v) is 7.30. The summed E-state index contributed by atoms with van der Waals surface area (Å²) >= 11 is 24.3. The lowest BCUT2D eigenvalue weighted by Crippen LogP contribution is -2.04. The van der Waals surface area contributed by atoms with Crippen LogP contribution in [0.25, 0.3) is 0 Å². The van der Waals surface area contributed by atoms with Gasteiger partial charge in [-0.1, -0.05) is 70.7 Å². The van der Waals surface area contributed by atoms with Gasteiger partial charge in [-0.25, -0.2) is 0 Å². The molecule has 0 aliphatic rings. The van der Waals surface area contributed by atoms with E-state index in [-0.39, 0.29) is 0 Å². The van der Waals surface area contributed by atoms with Gasteiger partial charge in [0.15, 0.2) is 0 Å². The molecule has 0 unspecified atom stereocenters. The molecule has 0 spiro atoms. The van der Waals surface area contributed by atoms with Crippen LogP contribution in [0.15, 0.2) is 60.7 Å². The second kappa shape index (κ2) is 8.88. The Morgan fingerprint density at radius 1 is 0.731 bits per heavy atom. The molecule has 134 valence electrons. The van der Waals surface area contributed by atoms with Crippen molar-refractivity contribution in [2.24, 2.45) is 0 Å². The van der Waals surface area contributed by atoms with E-state index in [0.29, 0.717) is 33.2 Å². The highest BCUT2D eigenvalue weighted by Crippen LogP contribution is 2.28. The maximum Gasteiger partial charge on any atom is 0.124 e. The average Bonchev–Trinajstić information content (AvgIpc) is 2.61. The van der Waals surface area contributed by atoms with Crippen LogP contribution in [0.4, 0.5) is 5.69 Å². The minimum Gasteiger partial charge on any atom is -0.488 e. The molecule has 0 heterocycles. The summed E-state index contributed by atoms with van der Waals surface area (Å²) in [5.41, 5.74) is 2.69. The van der Waals surface area contributed by atoms with Gasteiger partial charge < -0.3 is 10.1 Å². The van der Waals surface area contributed by atoms with Gasteiger partial charge >= 0.3 is 0 Å². The molecule has 3 aromatic rings. The number of halogens is 4. The Balaban J connectivity index is 1.69. The van der Waals surface area contributed by atoms with E-state index in [1.54, 1.807) is 24.3 Å². The molecule has 1 N–H and O–H groups in total. The zero-order chi connectivity index (χ0) is 18.5. The maximum atomic E-state index is 6.20. The molecule has 0 saturated heterocycles. The van der Waals surface area contributed by atoms with Crippen molar-refractivity contribution in [1.82, 2.24) is 0 Å². The minimum absolute atomic E-state index is 0.356. The highest BCUT2D eigenvalue weighted by atomic mass is 35.5. The number of benzene rings is 3. The summed E-state index contributed by atoms with van der Waals surface area (Å²) in [6.07, 6.45) is 0. The average molecular weight is 427 g/mol. The molecule has 6 heteroatoms. The number of ether oxygens (including phenoxy) is 1. The van der Waals surface area contributed by atoms with Crippen molar-refractivity contribution in [3.8, 4) is 5.75 Å². The van der Waals surface area contributed by atoms with Gasteiger partial charge in [0, 0.05) is 32.7 Å². The van der Waals surface area contributed by atoms with Crippen molar-refractivity contribution >= 4 is 52.1 Å². The molecule has 0 atom stereocenters. The van der Waals surface area contributed by atoms with Crippen LogP contribution >= 0.6 is 46.4 Å². The number of rotatable bonds is 6. The highest BCUT2D eigenvalue weighted by Gasteiger charge is 2.07. The van der Waals surface area contributed by atoms with E-state index in [9.17, 15) is 0 Å². The van der Waals surface area contributed by atoms with Crippen LogP contribution < -0.4 is 10.1 Å². The van der Waals surface area contributed by atoms with Crippen molar-refractivity contribution in [2.75, 3.05) is 5.32 Å². The SMILES string of the molecule is Clc1ccc(COc2ccccc2CNc2ccc(Cl)cc2Cl)c(Cl)c1. The van der Waals surface area contributed by atoms with Crippen molar-refractivity contribution < 1.29 is 4.74 Å². The lowest BCUT2D eigenvalue weighted by molar-refractivity contribution is 0.303. The largest absolute Gasteiger partial charge is 0.488 e. The van der Waals surface area contributed by atoms with Crippen molar-refractivity contribution in [1.29, 1.82) is 0 Å². The number of hydrogen-bond donors (Lipinski definition) is 1. The summed E-state index contributed by atoms with van der Waals surface area (Å²) < 4.78 is 5.96. The number of anilines is 1. The van der Waals surface area contributed by atoms with Crippen LogP contribution in [0, 0.1) is 0 Å². The fourth-order valence-electron chi connectivity index (χ4n) is 2.41. The quantitative estimate of drug-likeness (QED) is 0.440. The van der Waals surface area contributed by atoms with Gasteiger partial charge in [-0.05, 0) is 36.4 Å². The van der Waals surface area contributed by atoms with E-state index < -0.39 is 0 Å². The topological polar surface area (TPSA) is 21.3 Å². The smallest absolute Gasteiger partial charge is 0.124 e. The Morgan fingerprint density at radius 2 is 1.42 bits per heavy atom. The summed E-state index contributed by atoms with van der Waals surface area (Å²) in [5.74, 6) is 0.774. The first-order chi connectivity index (χ1) is 12.5. The van der Waals surface area contributed by atoms with Crippen molar-refractivity contribution in [3.05, 3.63) is 91.9 Å². The summed E-state index contributed by atoms with van der Waals surface area (Å²) in [4.78, 5) is 0. The van der Waals surface area contributed by atoms with Gasteiger partial charge in [0.2, 0.25) is 0 Å². The lowest BCUT2D eigenvalue weighted by Gasteiger charge is -2.14. The minimum atomic E-state index is 0.356. The van der Waals surface area contributed by atoms with E-state index >= 15 is 0 Å². The fourth-order valence-corrected chi connectivity index (χ4v) is 3.35. The molecule has 0 aromatic heterocycles. The van der Waals surface area contributed by atoms with Crippen molar-refractivity contribution in [3.63, 3.8) is 0 Å². The van der Waals surface area contributed by atoms with Crippen LogP contribution in [-0.2, 0) is 13.2 Å². The van der Waals surface area contributed by atoms with Crippen LogP contribution in [-0.4, -0.2) is 0 Å². The molecule has 2 nitrogen and oxygen atoms in total. The van der Waals surface area contributed by atoms with Crippen LogP contribution in [0.3, 0.4) is 0 Å². The molecule has 0 bridgehead atoms. The second-order valence-electron chi connectivity index (χ2n) is 5.61. The Labute approximate surface area is 172 Å². The van der Waals surface area contributed by atoms with Gasteiger partial charge in [-0.15, -0.1) is 0 Å².